The Bertz CT molecular complexity index is 516. The minimum absolute atomic E-state index is 0.108. The van der Waals surface area contributed by atoms with Crippen LogP contribution in [0.2, 0.25) is 0 Å². The van der Waals surface area contributed by atoms with Crippen molar-refractivity contribution in [1.29, 1.82) is 0 Å². The number of aliphatic hydroxyl groups excluding tert-OH is 1. The molecule has 0 aromatic carbocycles. The molecule has 1 aromatic heterocycles. The standard InChI is InChI=1S/C15H18N2O2/c1-11-4-5-13(9-11)17-15(19)14-6-7-16-10-12(14)3-2-8-18/h6-7,10-11,13,18H,4-5,8-9H2,1H3,(H,17,19). The highest BCUT2D eigenvalue weighted by Crippen LogP contribution is 2.24. The largest absolute Gasteiger partial charge is 0.384 e. The monoisotopic (exact) mass is 258 g/mol. The third-order valence-electron chi connectivity index (χ3n) is 3.40. The third kappa shape index (κ3) is 3.55. The lowest BCUT2D eigenvalue weighted by Gasteiger charge is -2.13. The summed E-state index contributed by atoms with van der Waals surface area (Å²) in [5, 5.41) is 11.8. The second kappa shape index (κ2) is 6.35. The summed E-state index contributed by atoms with van der Waals surface area (Å²) in [6.45, 7) is 1.98. The Morgan fingerprint density at radius 2 is 2.42 bits per heavy atom. The zero-order valence-corrected chi connectivity index (χ0v) is 11.0. The van der Waals surface area contributed by atoms with Gasteiger partial charge >= 0.3 is 0 Å². The molecule has 4 heteroatoms. The number of nitrogens with zero attached hydrogens (tertiary/aromatic N) is 1. The average Bonchev–Trinajstić information content (AvgIpc) is 2.82. The highest BCUT2D eigenvalue weighted by atomic mass is 16.2. The Morgan fingerprint density at radius 3 is 3.11 bits per heavy atom. The average molecular weight is 258 g/mol. The zero-order chi connectivity index (χ0) is 13.7. The molecule has 2 unspecified atom stereocenters. The maximum Gasteiger partial charge on any atom is 0.252 e. The Morgan fingerprint density at radius 1 is 1.58 bits per heavy atom. The van der Waals surface area contributed by atoms with Gasteiger partial charge in [0.2, 0.25) is 0 Å². The van der Waals surface area contributed by atoms with E-state index in [2.05, 4.69) is 29.1 Å². The second-order valence-electron chi connectivity index (χ2n) is 4.97. The van der Waals surface area contributed by atoms with E-state index in [0.717, 1.165) is 12.8 Å². The second-order valence-corrected chi connectivity index (χ2v) is 4.97. The molecule has 0 radical (unpaired) electrons. The van der Waals surface area contributed by atoms with Gasteiger partial charge in [0.25, 0.3) is 5.91 Å². The van der Waals surface area contributed by atoms with Gasteiger partial charge in [0.05, 0.1) is 11.1 Å². The van der Waals surface area contributed by atoms with Crippen LogP contribution in [0, 0.1) is 17.8 Å². The van der Waals surface area contributed by atoms with Crippen LogP contribution in [0.5, 0.6) is 0 Å². The summed E-state index contributed by atoms with van der Waals surface area (Å²) in [6, 6.07) is 1.92. The number of carbonyl (C=O) groups excluding carboxylic acids is 1. The number of hydrogen-bond donors (Lipinski definition) is 2. The summed E-state index contributed by atoms with van der Waals surface area (Å²) in [7, 11) is 0. The van der Waals surface area contributed by atoms with E-state index in [4.69, 9.17) is 5.11 Å². The van der Waals surface area contributed by atoms with Crippen molar-refractivity contribution in [3.63, 3.8) is 0 Å². The Balaban J connectivity index is 2.10. The highest BCUT2D eigenvalue weighted by Gasteiger charge is 2.23. The molecule has 19 heavy (non-hydrogen) atoms. The fraction of sp³-hybridized carbons (Fsp3) is 0.467. The van der Waals surface area contributed by atoms with Gasteiger partial charge in [-0.15, -0.1) is 0 Å². The lowest BCUT2D eigenvalue weighted by atomic mass is 10.1. The first-order valence-electron chi connectivity index (χ1n) is 6.55. The van der Waals surface area contributed by atoms with Crippen LogP contribution in [0.1, 0.15) is 42.1 Å². The number of nitrogens with one attached hydrogen (secondary N) is 1. The van der Waals surface area contributed by atoms with Crippen molar-refractivity contribution >= 4 is 5.91 Å². The van der Waals surface area contributed by atoms with Gasteiger partial charge in [-0.3, -0.25) is 9.78 Å². The summed E-state index contributed by atoms with van der Waals surface area (Å²) < 4.78 is 0. The minimum Gasteiger partial charge on any atom is -0.384 e. The van der Waals surface area contributed by atoms with Crippen molar-refractivity contribution in [3.05, 3.63) is 29.6 Å². The van der Waals surface area contributed by atoms with E-state index in [9.17, 15) is 4.79 Å². The zero-order valence-electron chi connectivity index (χ0n) is 11.0. The van der Waals surface area contributed by atoms with Crippen molar-refractivity contribution in [2.75, 3.05) is 6.61 Å². The van der Waals surface area contributed by atoms with Crippen LogP contribution in [0.3, 0.4) is 0 Å². The van der Waals surface area contributed by atoms with Crippen LogP contribution in [0.4, 0.5) is 0 Å². The molecule has 1 aliphatic rings. The van der Waals surface area contributed by atoms with Gasteiger partial charge in [0, 0.05) is 18.4 Å². The Kier molecular flexibility index (Phi) is 4.53. The van der Waals surface area contributed by atoms with Gasteiger partial charge in [0.15, 0.2) is 0 Å². The molecule has 0 saturated heterocycles. The van der Waals surface area contributed by atoms with Crippen molar-refractivity contribution in [3.8, 4) is 11.8 Å². The molecule has 0 aliphatic heterocycles. The number of pyridine rings is 1. The predicted octanol–water partition coefficient (Wildman–Crippen LogP) is 1.34. The SMILES string of the molecule is CC1CCC(NC(=O)c2ccncc2C#CCO)C1. The van der Waals surface area contributed by atoms with Crippen molar-refractivity contribution in [1.82, 2.24) is 10.3 Å². The van der Waals surface area contributed by atoms with E-state index in [1.54, 1.807) is 18.5 Å². The highest BCUT2D eigenvalue weighted by molar-refractivity contribution is 5.96. The molecule has 2 rings (SSSR count). The number of amides is 1. The number of aromatic nitrogens is 1. The van der Waals surface area contributed by atoms with E-state index in [-0.39, 0.29) is 18.6 Å². The van der Waals surface area contributed by atoms with Crippen LogP contribution < -0.4 is 5.32 Å². The molecule has 100 valence electrons. The molecule has 0 bridgehead atoms. The van der Waals surface area contributed by atoms with Gasteiger partial charge in [-0.05, 0) is 31.2 Å². The number of hydrogen-bond acceptors (Lipinski definition) is 3. The maximum atomic E-state index is 12.2. The van der Waals surface area contributed by atoms with Crippen molar-refractivity contribution in [2.45, 2.75) is 32.2 Å². The topological polar surface area (TPSA) is 62.2 Å². The van der Waals surface area contributed by atoms with Crippen molar-refractivity contribution < 1.29 is 9.90 Å². The van der Waals surface area contributed by atoms with Crippen LogP contribution in [0.15, 0.2) is 18.5 Å². The van der Waals surface area contributed by atoms with E-state index < -0.39 is 0 Å². The molecular formula is C15H18N2O2. The first-order valence-corrected chi connectivity index (χ1v) is 6.55. The lowest BCUT2D eigenvalue weighted by Crippen LogP contribution is -2.33. The number of rotatable bonds is 2. The van der Waals surface area contributed by atoms with Gasteiger partial charge in [-0.1, -0.05) is 18.8 Å². The van der Waals surface area contributed by atoms with Crippen molar-refractivity contribution in [2.24, 2.45) is 5.92 Å². The Hall–Kier alpha value is -1.86. The molecule has 1 aliphatic carbocycles. The molecule has 2 atom stereocenters. The Labute approximate surface area is 113 Å². The number of aliphatic hydroxyl groups is 1. The normalized spacial score (nSPS) is 21.6. The molecule has 1 saturated carbocycles. The molecular weight excluding hydrogens is 240 g/mol. The van der Waals surface area contributed by atoms with Crippen LogP contribution >= 0.6 is 0 Å². The minimum atomic E-state index is -0.226. The van der Waals surface area contributed by atoms with E-state index in [1.807, 2.05) is 0 Å². The van der Waals surface area contributed by atoms with E-state index in [0.29, 0.717) is 17.0 Å². The van der Waals surface area contributed by atoms with Gasteiger partial charge < -0.3 is 10.4 Å². The van der Waals surface area contributed by atoms with Gasteiger partial charge in [-0.25, -0.2) is 0 Å². The summed E-state index contributed by atoms with van der Waals surface area (Å²) in [6.07, 6.45) is 6.37. The summed E-state index contributed by atoms with van der Waals surface area (Å²) in [5.41, 5.74) is 1.08. The molecule has 2 N–H and O–H groups in total. The van der Waals surface area contributed by atoms with Crippen LogP contribution in [0.25, 0.3) is 0 Å². The first-order chi connectivity index (χ1) is 9.20. The van der Waals surface area contributed by atoms with E-state index in [1.165, 1.54) is 6.42 Å². The molecule has 1 aromatic rings. The summed E-state index contributed by atoms with van der Waals surface area (Å²) in [4.78, 5) is 16.2. The van der Waals surface area contributed by atoms with E-state index >= 15 is 0 Å². The smallest absolute Gasteiger partial charge is 0.252 e. The van der Waals surface area contributed by atoms with Crippen LogP contribution in [-0.4, -0.2) is 28.6 Å². The molecule has 0 spiro atoms. The summed E-state index contributed by atoms with van der Waals surface area (Å²) >= 11 is 0. The molecule has 4 nitrogen and oxygen atoms in total. The van der Waals surface area contributed by atoms with Crippen LogP contribution in [-0.2, 0) is 0 Å². The molecule has 1 amide bonds. The molecule has 1 fully saturated rings. The molecule has 1 heterocycles. The first kappa shape index (κ1) is 13.6. The summed E-state index contributed by atoms with van der Waals surface area (Å²) in [5.74, 6) is 5.87. The maximum absolute atomic E-state index is 12.2. The van der Waals surface area contributed by atoms with Gasteiger partial charge in [0.1, 0.15) is 6.61 Å². The fourth-order valence-corrected chi connectivity index (χ4v) is 2.43. The third-order valence-corrected chi connectivity index (χ3v) is 3.40. The fourth-order valence-electron chi connectivity index (χ4n) is 2.43. The predicted molar refractivity (Wildman–Crippen MR) is 72.5 cm³/mol. The number of carbonyl (C=O) groups is 1. The lowest BCUT2D eigenvalue weighted by molar-refractivity contribution is 0.0937. The quantitative estimate of drug-likeness (QED) is 0.787. The van der Waals surface area contributed by atoms with Gasteiger partial charge in [-0.2, -0.15) is 0 Å².